The summed E-state index contributed by atoms with van der Waals surface area (Å²) in [4.78, 5) is 4.63. The first-order valence-corrected chi connectivity index (χ1v) is 11.6. The molecule has 0 saturated heterocycles. The summed E-state index contributed by atoms with van der Waals surface area (Å²) >= 11 is 3.53. The van der Waals surface area contributed by atoms with Crippen LogP contribution in [0.15, 0.2) is 83.3 Å². The van der Waals surface area contributed by atoms with Crippen molar-refractivity contribution < 1.29 is 8.42 Å². The molecule has 29 heavy (non-hydrogen) atoms. The molecule has 4 rings (SSSR count). The maximum Gasteiger partial charge on any atom is 0.230 e. The van der Waals surface area contributed by atoms with Crippen LogP contribution in [0.5, 0.6) is 0 Å². The lowest BCUT2D eigenvalue weighted by Gasteiger charge is -2.19. The molecule has 1 aromatic heterocycles. The van der Waals surface area contributed by atoms with Crippen LogP contribution >= 0.6 is 15.9 Å². The van der Waals surface area contributed by atoms with E-state index in [0.29, 0.717) is 11.1 Å². The molecule has 146 valence electrons. The monoisotopic (exact) mass is 467 g/mol. The molecule has 5 nitrogen and oxygen atoms in total. The molecule has 0 spiro atoms. The fourth-order valence-electron chi connectivity index (χ4n) is 3.17. The van der Waals surface area contributed by atoms with E-state index in [1.807, 2.05) is 78.9 Å². The van der Waals surface area contributed by atoms with Crippen molar-refractivity contribution >= 4 is 54.0 Å². The smallest absolute Gasteiger partial charge is 0.230 e. The Labute approximate surface area is 178 Å². The second-order valence-corrected chi connectivity index (χ2v) is 9.27. The van der Waals surface area contributed by atoms with Crippen LogP contribution in [0, 0.1) is 0 Å². The van der Waals surface area contributed by atoms with Gasteiger partial charge >= 0.3 is 0 Å². The first-order chi connectivity index (χ1) is 13.9. The fraction of sp³-hybridized carbons (Fsp3) is 0.0455. The van der Waals surface area contributed by atoms with Crippen molar-refractivity contribution in [2.75, 3.05) is 16.3 Å². The Morgan fingerprint density at radius 2 is 1.55 bits per heavy atom. The lowest BCUT2D eigenvalue weighted by Crippen LogP contribution is -2.13. The summed E-state index contributed by atoms with van der Waals surface area (Å²) in [7, 11) is -3.52. The van der Waals surface area contributed by atoms with E-state index in [9.17, 15) is 8.42 Å². The van der Waals surface area contributed by atoms with E-state index >= 15 is 0 Å². The van der Waals surface area contributed by atoms with Gasteiger partial charge in [0.1, 0.15) is 5.82 Å². The number of benzene rings is 3. The average molecular weight is 468 g/mol. The van der Waals surface area contributed by atoms with E-state index in [1.54, 1.807) is 0 Å². The topological polar surface area (TPSA) is 71.1 Å². The van der Waals surface area contributed by atoms with Crippen molar-refractivity contribution in [2.24, 2.45) is 0 Å². The number of halogens is 1. The van der Waals surface area contributed by atoms with Gasteiger partial charge in [0.05, 0.1) is 17.5 Å². The maximum absolute atomic E-state index is 12.1. The van der Waals surface area contributed by atoms with E-state index < -0.39 is 10.0 Å². The number of sulfonamides is 1. The Morgan fingerprint density at radius 3 is 2.21 bits per heavy atom. The van der Waals surface area contributed by atoms with Gasteiger partial charge in [0, 0.05) is 21.1 Å². The number of rotatable bonds is 5. The molecule has 0 unspecified atom stereocenters. The minimum Gasteiger partial charge on any atom is -0.354 e. The molecule has 0 aliphatic heterocycles. The molecule has 1 heterocycles. The van der Waals surface area contributed by atoms with Crippen LogP contribution in [-0.2, 0) is 10.0 Å². The number of nitrogens with zero attached hydrogens (tertiary/aromatic N) is 1. The number of aromatic nitrogens is 1. The average Bonchev–Trinajstić information content (AvgIpc) is 2.69. The van der Waals surface area contributed by atoms with Gasteiger partial charge in [-0.1, -0.05) is 64.5 Å². The second kappa shape index (κ2) is 7.85. The van der Waals surface area contributed by atoms with Crippen LogP contribution in [0.25, 0.3) is 22.0 Å². The molecule has 0 aliphatic carbocycles. The molecule has 0 amide bonds. The van der Waals surface area contributed by atoms with Gasteiger partial charge < -0.3 is 5.32 Å². The molecule has 2 N–H and O–H groups in total. The number of para-hydroxylation sites is 1. The number of anilines is 3. The summed E-state index contributed by atoms with van der Waals surface area (Å²) in [5.74, 6) is 0.284. The number of pyridine rings is 1. The Balaban J connectivity index is 2.07. The van der Waals surface area contributed by atoms with E-state index in [4.69, 9.17) is 0 Å². The van der Waals surface area contributed by atoms with Crippen LogP contribution < -0.4 is 10.0 Å². The van der Waals surface area contributed by atoms with Crippen LogP contribution in [0.1, 0.15) is 0 Å². The maximum atomic E-state index is 12.1. The van der Waals surface area contributed by atoms with Gasteiger partial charge in [-0.05, 0) is 35.9 Å². The third-order valence-corrected chi connectivity index (χ3v) is 5.39. The highest BCUT2D eigenvalue weighted by Crippen LogP contribution is 2.41. The van der Waals surface area contributed by atoms with Crippen molar-refractivity contribution in [1.29, 1.82) is 0 Å². The number of nitrogens with one attached hydrogen (secondary N) is 2. The first kappa shape index (κ1) is 19.4. The second-order valence-electron chi connectivity index (χ2n) is 6.60. The molecule has 0 bridgehead atoms. The van der Waals surface area contributed by atoms with Crippen molar-refractivity contribution in [3.05, 3.63) is 83.3 Å². The van der Waals surface area contributed by atoms with Gasteiger partial charge in [-0.3, -0.25) is 4.72 Å². The molecule has 4 aromatic rings. The van der Waals surface area contributed by atoms with Crippen LogP contribution in [0.3, 0.4) is 0 Å². The van der Waals surface area contributed by atoms with E-state index in [0.717, 1.165) is 33.1 Å². The summed E-state index contributed by atoms with van der Waals surface area (Å²) in [6.45, 7) is 0. The minimum atomic E-state index is -3.52. The zero-order valence-corrected chi connectivity index (χ0v) is 18.0. The van der Waals surface area contributed by atoms with Gasteiger partial charge in [-0.2, -0.15) is 0 Å². The largest absolute Gasteiger partial charge is 0.354 e. The number of fused-ring (bicyclic) bond motifs is 1. The Morgan fingerprint density at radius 1 is 0.897 bits per heavy atom. The summed E-state index contributed by atoms with van der Waals surface area (Å²) < 4.78 is 27.6. The molecule has 3 aromatic carbocycles. The summed E-state index contributed by atoms with van der Waals surface area (Å²) in [6.07, 6.45) is 1.12. The van der Waals surface area contributed by atoms with Gasteiger partial charge in [-0.25, -0.2) is 13.4 Å². The van der Waals surface area contributed by atoms with Gasteiger partial charge in [0.25, 0.3) is 0 Å². The normalized spacial score (nSPS) is 11.4. The highest BCUT2D eigenvalue weighted by atomic mass is 79.9. The van der Waals surface area contributed by atoms with Crippen LogP contribution in [-0.4, -0.2) is 19.7 Å². The van der Waals surface area contributed by atoms with Crippen LogP contribution in [0.2, 0.25) is 0 Å². The summed E-state index contributed by atoms with van der Waals surface area (Å²) in [6, 6.07) is 25.1. The van der Waals surface area contributed by atoms with Crippen molar-refractivity contribution in [1.82, 2.24) is 4.98 Å². The molecule has 0 aliphatic rings. The van der Waals surface area contributed by atoms with E-state index in [1.165, 1.54) is 0 Å². The van der Waals surface area contributed by atoms with Gasteiger partial charge in [0.2, 0.25) is 10.0 Å². The molecule has 0 fully saturated rings. The molecule has 0 radical (unpaired) electrons. The molecular formula is C22H18BrN3O2S. The van der Waals surface area contributed by atoms with E-state index in [-0.39, 0.29) is 5.82 Å². The number of hydrogen-bond acceptors (Lipinski definition) is 4. The predicted octanol–water partition coefficient (Wildman–Crippen LogP) is 5.78. The van der Waals surface area contributed by atoms with Crippen LogP contribution in [0.4, 0.5) is 17.2 Å². The molecule has 0 saturated carbocycles. The van der Waals surface area contributed by atoms with Gasteiger partial charge in [-0.15, -0.1) is 0 Å². The Bertz CT molecular complexity index is 1280. The molecular weight excluding hydrogens is 450 g/mol. The quantitative estimate of drug-likeness (QED) is 0.390. The number of hydrogen-bond donors (Lipinski definition) is 2. The SMILES string of the molecule is CS(=O)(=O)Nc1nc2ccc(Br)cc2c(Nc2ccccc2)c1-c1ccccc1. The predicted molar refractivity (Wildman–Crippen MR) is 123 cm³/mol. The molecule has 7 heteroatoms. The van der Waals surface area contributed by atoms with Crippen molar-refractivity contribution in [3.63, 3.8) is 0 Å². The minimum absolute atomic E-state index is 0.284. The zero-order valence-electron chi connectivity index (χ0n) is 15.6. The van der Waals surface area contributed by atoms with Crippen molar-refractivity contribution in [2.45, 2.75) is 0 Å². The summed E-state index contributed by atoms with van der Waals surface area (Å²) in [5.41, 5.74) is 3.89. The zero-order chi connectivity index (χ0) is 20.4. The fourth-order valence-corrected chi connectivity index (χ4v) is 4.03. The Hall–Kier alpha value is -2.90. The molecule has 0 atom stereocenters. The van der Waals surface area contributed by atoms with Crippen molar-refractivity contribution in [3.8, 4) is 11.1 Å². The summed E-state index contributed by atoms with van der Waals surface area (Å²) in [5, 5.41) is 4.35. The lowest BCUT2D eigenvalue weighted by atomic mass is 10.0. The lowest BCUT2D eigenvalue weighted by molar-refractivity contribution is 0.606. The standard InChI is InChI=1S/C22H18BrN3O2S/c1-29(27,28)26-22-20(15-8-4-2-5-9-15)21(24-17-10-6-3-7-11-17)18-14-16(23)12-13-19(18)25-22/h2-14H,1H3,(H2,24,25,26). The van der Waals surface area contributed by atoms with E-state index in [2.05, 4.69) is 31.0 Å². The third-order valence-electron chi connectivity index (χ3n) is 4.33. The Kier molecular flexibility index (Phi) is 5.25. The first-order valence-electron chi connectivity index (χ1n) is 8.89. The highest BCUT2D eigenvalue weighted by Gasteiger charge is 2.19. The van der Waals surface area contributed by atoms with Gasteiger partial charge in [0.15, 0.2) is 0 Å². The highest BCUT2D eigenvalue weighted by molar-refractivity contribution is 9.10. The third kappa shape index (κ3) is 4.41.